The Hall–Kier alpha value is 0.495. The Balaban J connectivity index is -0.000000256. The molecule has 2 unspecified atom stereocenters. The molecule has 0 saturated carbocycles. The number of hydrogen-bond acceptors (Lipinski definition) is 8. The molecule has 0 aromatic carbocycles. The van der Waals surface area contributed by atoms with Crippen LogP contribution < -0.4 is 21.7 Å². The number of carbonyl (C=O) groups excluding carboxylic acids is 2. The third-order valence-corrected chi connectivity index (χ3v) is 3.16. The van der Waals surface area contributed by atoms with Crippen LogP contribution in [-0.4, -0.2) is 48.0 Å². The number of nitrogens with two attached hydrogens (primary N) is 2. The molecular weight excluding hydrogens is 477 g/mol. The number of carboxylic acid groups (broad SMARTS) is 2. The van der Waals surface area contributed by atoms with Gasteiger partial charge < -0.3 is 31.3 Å². The normalized spacial score (nSPS) is 12.4. The van der Waals surface area contributed by atoms with Gasteiger partial charge in [0.2, 0.25) is 0 Å². The van der Waals surface area contributed by atoms with Crippen molar-refractivity contribution in [3.05, 3.63) is 0 Å². The van der Waals surface area contributed by atoms with Crippen LogP contribution in [0.15, 0.2) is 0 Å². The molecule has 0 aliphatic rings. The van der Waals surface area contributed by atoms with E-state index in [0.717, 1.165) is 11.5 Å². The van der Waals surface area contributed by atoms with E-state index in [0.29, 0.717) is 12.8 Å². The molecule has 0 amide bonds. The van der Waals surface area contributed by atoms with Crippen LogP contribution in [0.1, 0.15) is 12.8 Å². The molecule has 0 bridgehead atoms. The van der Waals surface area contributed by atoms with Gasteiger partial charge >= 0.3 is 27.7 Å². The van der Waals surface area contributed by atoms with Gasteiger partial charge in [0.15, 0.2) is 0 Å². The molecule has 0 aromatic heterocycles. The molecule has 6 nitrogen and oxygen atoms in total. The molecular formula is C10H20HgN2O4S2. The van der Waals surface area contributed by atoms with E-state index in [1.54, 1.807) is 23.5 Å². The van der Waals surface area contributed by atoms with Crippen molar-refractivity contribution < 1.29 is 47.5 Å². The molecule has 108 valence electrons. The van der Waals surface area contributed by atoms with Gasteiger partial charge in [0.1, 0.15) is 0 Å². The van der Waals surface area contributed by atoms with E-state index in [2.05, 4.69) is 0 Å². The molecule has 9 heteroatoms. The molecule has 19 heavy (non-hydrogen) atoms. The Kier molecular flexibility index (Phi) is 21.3. The van der Waals surface area contributed by atoms with Gasteiger partial charge in [0, 0.05) is 12.1 Å². The number of carboxylic acids is 2. The topological polar surface area (TPSA) is 132 Å². The van der Waals surface area contributed by atoms with Gasteiger partial charge in [-0.2, -0.15) is 23.5 Å². The summed E-state index contributed by atoms with van der Waals surface area (Å²) < 4.78 is 0. The van der Waals surface area contributed by atoms with Gasteiger partial charge in [-0.15, -0.1) is 0 Å². The predicted molar refractivity (Wildman–Crippen MR) is 72.0 cm³/mol. The molecule has 0 saturated heterocycles. The predicted octanol–water partition coefficient (Wildman–Crippen LogP) is -2.37. The third kappa shape index (κ3) is 18.5. The maximum Gasteiger partial charge on any atom is 2.00 e. The van der Waals surface area contributed by atoms with Crippen molar-refractivity contribution in [2.75, 3.05) is 24.0 Å². The summed E-state index contributed by atoms with van der Waals surface area (Å²) >= 11 is 3.15. The van der Waals surface area contributed by atoms with Gasteiger partial charge in [0.25, 0.3) is 0 Å². The average Bonchev–Trinajstić information content (AvgIpc) is 2.33. The largest absolute Gasteiger partial charge is 2.00 e. The Morgan fingerprint density at radius 3 is 1.37 bits per heavy atom. The van der Waals surface area contributed by atoms with Crippen LogP contribution >= 0.6 is 23.5 Å². The van der Waals surface area contributed by atoms with Gasteiger partial charge in [0.05, 0.1) is 11.9 Å². The number of thioether (sulfide) groups is 2. The molecule has 0 spiro atoms. The fourth-order valence-corrected chi connectivity index (χ4v) is 1.70. The van der Waals surface area contributed by atoms with Crippen molar-refractivity contribution >= 4 is 35.5 Å². The van der Waals surface area contributed by atoms with Crippen LogP contribution in [-0.2, 0) is 37.3 Å². The summed E-state index contributed by atoms with van der Waals surface area (Å²) in [7, 11) is 0. The molecule has 0 aromatic rings. The van der Waals surface area contributed by atoms with Crippen molar-refractivity contribution in [1.29, 1.82) is 0 Å². The quantitative estimate of drug-likeness (QED) is 0.356. The van der Waals surface area contributed by atoms with Crippen LogP contribution in [0.2, 0.25) is 0 Å². The molecule has 2 atom stereocenters. The second-order valence-electron chi connectivity index (χ2n) is 3.41. The Morgan fingerprint density at radius 2 is 1.21 bits per heavy atom. The molecule has 0 aliphatic heterocycles. The second-order valence-corrected chi connectivity index (χ2v) is 5.39. The van der Waals surface area contributed by atoms with Crippen LogP contribution in [0.5, 0.6) is 0 Å². The Labute approximate surface area is 142 Å². The van der Waals surface area contributed by atoms with Crippen molar-refractivity contribution in [3.8, 4) is 0 Å². The van der Waals surface area contributed by atoms with E-state index in [9.17, 15) is 19.8 Å². The zero-order chi connectivity index (χ0) is 14.6. The first-order chi connectivity index (χ1) is 8.36. The van der Waals surface area contributed by atoms with E-state index in [1.165, 1.54) is 0 Å². The fourth-order valence-electron chi connectivity index (χ4n) is 0.725. The van der Waals surface area contributed by atoms with Crippen LogP contribution in [0.4, 0.5) is 0 Å². The molecule has 0 rings (SSSR count). The molecule has 0 aliphatic carbocycles. The van der Waals surface area contributed by atoms with E-state index in [4.69, 9.17) is 11.5 Å². The van der Waals surface area contributed by atoms with E-state index >= 15 is 0 Å². The minimum Gasteiger partial charge on any atom is -0.548 e. The van der Waals surface area contributed by atoms with Gasteiger partial charge in [-0.3, -0.25) is 0 Å². The number of aliphatic carboxylic acids is 2. The number of rotatable bonds is 8. The van der Waals surface area contributed by atoms with Crippen LogP contribution in [0, 0.1) is 0 Å². The summed E-state index contributed by atoms with van der Waals surface area (Å²) in [4.78, 5) is 19.9. The van der Waals surface area contributed by atoms with Gasteiger partial charge in [-0.1, -0.05) is 0 Å². The number of hydrogen-bond donors (Lipinski definition) is 2. The summed E-state index contributed by atoms with van der Waals surface area (Å²) in [6.07, 6.45) is 4.79. The summed E-state index contributed by atoms with van der Waals surface area (Å²) in [5.41, 5.74) is 10.3. The van der Waals surface area contributed by atoms with E-state index in [-0.39, 0.29) is 27.7 Å². The molecule has 0 heterocycles. The average molecular weight is 497 g/mol. The van der Waals surface area contributed by atoms with E-state index in [1.807, 2.05) is 12.5 Å². The Morgan fingerprint density at radius 1 is 0.947 bits per heavy atom. The van der Waals surface area contributed by atoms with Crippen molar-refractivity contribution in [2.24, 2.45) is 11.5 Å². The fraction of sp³-hybridized carbons (Fsp3) is 0.800. The molecule has 0 fully saturated rings. The minimum atomic E-state index is -1.16. The first-order valence-corrected chi connectivity index (χ1v) is 8.06. The van der Waals surface area contributed by atoms with Crippen molar-refractivity contribution in [3.63, 3.8) is 0 Å². The zero-order valence-electron chi connectivity index (χ0n) is 11.3. The first kappa shape index (κ1) is 24.5. The number of carbonyl (C=O) groups is 2. The minimum absolute atomic E-state index is 0. The monoisotopic (exact) mass is 498 g/mol. The summed E-state index contributed by atoms with van der Waals surface area (Å²) in [6.45, 7) is 0. The summed E-state index contributed by atoms with van der Waals surface area (Å²) in [5.74, 6) is -0.780. The summed E-state index contributed by atoms with van der Waals surface area (Å²) in [5, 5.41) is 19.9. The first-order valence-electron chi connectivity index (χ1n) is 5.27. The Bertz CT molecular complexity index is 224. The van der Waals surface area contributed by atoms with Crippen molar-refractivity contribution in [2.45, 2.75) is 24.9 Å². The zero-order valence-corrected chi connectivity index (χ0v) is 18.4. The van der Waals surface area contributed by atoms with Crippen LogP contribution in [0.25, 0.3) is 0 Å². The maximum absolute atomic E-state index is 9.96. The van der Waals surface area contributed by atoms with E-state index < -0.39 is 24.0 Å². The van der Waals surface area contributed by atoms with Crippen molar-refractivity contribution in [1.82, 2.24) is 0 Å². The van der Waals surface area contributed by atoms with Gasteiger partial charge in [-0.05, 0) is 36.9 Å². The molecule has 4 N–H and O–H groups in total. The third-order valence-electron chi connectivity index (χ3n) is 1.87. The molecule has 0 radical (unpaired) electrons. The second kappa shape index (κ2) is 16.5. The van der Waals surface area contributed by atoms with Crippen LogP contribution in [0.3, 0.4) is 0 Å². The standard InChI is InChI=1S/2C5H11NO2S.Hg/c2*1-9-3-2-4(6)5(7)8;/h2*4H,2-3,6H2,1H3,(H,7,8);/q;;+2/p-2. The SMILES string of the molecule is CSCCC(N)C(=O)[O-].CSCCC(N)C(=O)[O-].[Hg+2]. The smallest absolute Gasteiger partial charge is 0.548 e. The van der Waals surface area contributed by atoms with Gasteiger partial charge in [-0.25, -0.2) is 0 Å². The summed E-state index contributed by atoms with van der Waals surface area (Å²) in [6, 6.07) is -1.59. The maximum atomic E-state index is 9.96.